The molecule has 1 aromatic heterocycles. The third-order valence-electron chi connectivity index (χ3n) is 6.75. The second-order valence-electron chi connectivity index (χ2n) is 8.70. The summed E-state index contributed by atoms with van der Waals surface area (Å²) in [5.41, 5.74) is 0.916. The summed E-state index contributed by atoms with van der Waals surface area (Å²) in [6.45, 7) is 0.685. The largest absolute Gasteiger partial charge is 0.502 e. The summed E-state index contributed by atoms with van der Waals surface area (Å²) in [6, 6.07) is 18.8. The molecule has 3 aromatic rings. The Morgan fingerprint density at radius 3 is 2.52 bits per heavy atom. The highest BCUT2D eigenvalue weighted by atomic mass is 16.5. The van der Waals surface area contributed by atoms with Crippen LogP contribution in [-0.4, -0.2) is 39.4 Å². The Hall–Kier alpha value is -4.00. The van der Waals surface area contributed by atoms with Crippen LogP contribution in [0, 0.1) is 0 Å². The summed E-state index contributed by atoms with van der Waals surface area (Å²) >= 11 is 0. The van der Waals surface area contributed by atoms with E-state index in [9.17, 15) is 14.7 Å². The summed E-state index contributed by atoms with van der Waals surface area (Å²) in [5.74, 6) is -0.120. The van der Waals surface area contributed by atoms with Crippen LogP contribution >= 0.6 is 0 Å². The van der Waals surface area contributed by atoms with E-state index in [2.05, 4.69) is 0 Å². The second kappa shape index (κ2) is 7.27. The van der Waals surface area contributed by atoms with E-state index in [4.69, 9.17) is 4.74 Å². The summed E-state index contributed by atoms with van der Waals surface area (Å²) in [7, 11) is 0. The Balaban J connectivity index is 1.65. The zero-order valence-corrected chi connectivity index (χ0v) is 17.9. The monoisotopic (exact) mass is 441 g/mol. The SMILES string of the molecule is O=C1c2c(O)c(=O)ccn2N2CN1C1(/C=C/COc3ccccc3[C@H]2c2ccccc2)CC1. The van der Waals surface area contributed by atoms with Crippen molar-refractivity contribution >= 4 is 5.91 Å². The normalized spacial score (nSPS) is 21.5. The molecule has 1 saturated carbocycles. The van der Waals surface area contributed by atoms with Gasteiger partial charge in [0.05, 0.1) is 5.54 Å². The number of ether oxygens (including phenoxy) is 1. The molecule has 2 aliphatic heterocycles. The minimum Gasteiger partial charge on any atom is -0.502 e. The van der Waals surface area contributed by atoms with E-state index in [1.165, 1.54) is 6.07 Å². The van der Waals surface area contributed by atoms with Crippen molar-refractivity contribution in [3.05, 3.63) is 106 Å². The van der Waals surface area contributed by atoms with Gasteiger partial charge in [-0.25, -0.2) is 0 Å². The molecule has 166 valence electrons. The van der Waals surface area contributed by atoms with Gasteiger partial charge in [-0.15, -0.1) is 0 Å². The van der Waals surface area contributed by atoms with Crippen molar-refractivity contribution < 1.29 is 14.6 Å². The van der Waals surface area contributed by atoms with E-state index in [1.54, 1.807) is 15.8 Å². The van der Waals surface area contributed by atoms with Crippen LogP contribution in [0.3, 0.4) is 0 Å². The minimum atomic E-state index is -0.568. The molecule has 33 heavy (non-hydrogen) atoms. The van der Waals surface area contributed by atoms with Crippen molar-refractivity contribution in [2.45, 2.75) is 24.4 Å². The molecule has 0 unspecified atom stereocenters. The summed E-state index contributed by atoms with van der Waals surface area (Å²) in [4.78, 5) is 27.7. The van der Waals surface area contributed by atoms with Crippen molar-refractivity contribution in [3.63, 3.8) is 0 Å². The number of fused-ring (bicyclic) bond motifs is 6. The first-order valence-corrected chi connectivity index (χ1v) is 11.1. The Labute approximate surface area is 190 Å². The minimum absolute atomic E-state index is 0.00741. The molecule has 2 aromatic carbocycles. The first kappa shape index (κ1) is 19.7. The van der Waals surface area contributed by atoms with E-state index in [1.807, 2.05) is 71.8 Å². The number of nitrogens with zero attached hydrogens (tertiary/aromatic N) is 3. The molecule has 2 bridgehead atoms. The Bertz CT molecular complexity index is 1330. The number of hydrogen-bond acceptors (Lipinski definition) is 5. The number of amides is 1. The van der Waals surface area contributed by atoms with Gasteiger partial charge in [0.1, 0.15) is 25.1 Å². The lowest BCUT2D eigenvalue weighted by Crippen LogP contribution is -2.58. The molecule has 1 atom stereocenters. The number of carbonyl (C=O) groups excluding carboxylic acids is 1. The summed E-state index contributed by atoms with van der Waals surface area (Å²) in [5, 5.41) is 12.7. The Morgan fingerprint density at radius 2 is 1.73 bits per heavy atom. The maximum absolute atomic E-state index is 13.6. The smallest absolute Gasteiger partial charge is 0.278 e. The lowest BCUT2D eigenvalue weighted by molar-refractivity contribution is 0.0606. The van der Waals surface area contributed by atoms with Crippen molar-refractivity contribution in [1.82, 2.24) is 9.58 Å². The number of pyridine rings is 1. The quantitative estimate of drug-likeness (QED) is 0.587. The van der Waals surface area contributed by atoms with Crippen LogP contribution in [0.25, 0.3) is 0 Å². The van der Waals surface area contributed by atoms with Gasteiger partial charge in [-0.05, 0) is 30.5 Å². The molecule has 1 fully saturated rings. The standard InChI is InChI=1S/C26H23N3O4/c30-20-11-15-28-23(24(20)31)25(32)27-17-29(28)22(18-7-2-1-3-8-18)19-9-4-5-10-21(19)33-16-6-12-26(27)13-14-26/h1-12,15,22,31H,13-14,16-17H2/b12-6+/t22-/m1/s1. The van der Waals surface area contributed by atoms with Crippen LogP contribution in [0.2, 0.25) is 0 Å². The molecule has 7 heteroatoms. The first-order valence-electron chi connectivity index (χ1n) is 11.1. The first-order chi connectivity index (χ1) is 16.1. The fourth-order valence-electron chi connectivity index (χ4n) is 4.93. The van der Waals surface area contributed by atoms with Crippen LogP contribution in [0.1, 0.15) is 40.5 Å². The molecule has 1 aliphatic carbocycles. The molecule has 3 aliphatic rings. The molecule has 3 heterocycles. The maximum atomic E-state index is 13.6. The van der Waals surface area contributed by atoms with Gasteiger partial charge in [0, 0.05) is 17.8 Å². The van der Waals surface area contributed by atoms with Gasteiger partial charge < -0.3 is 14.7 Å². The van der Waals surface area contributed by atoms with Gasteiger partial charge in [0.25, 0.3) is 5.91 Å². The topological polar surface area (TPSA) is 75.0 Å². The molecular formula is C26H23N3O4. The van der Waals surface area contributed by atoms with E-state index in [0.717, 1.165) is 29.7 Å². The van der Waals surface area contributed by atoms with Crippen molar-refractivity contribution in [3.8, 4) is 11.5 Å². The molecule has 0 saturated heterocycles. The Morgan fingerprint density at radius 1 is 0.970 bits per heavy atom. The van der Waals surface area contributed by atoms with Crippen molar-refractivity contribution in [2.24, 2.45) is 0 Å². The molecule has 6 rings (SSSR count). The van der Waals surface area contributed by atoms with Gasteiger partial charge in [-0.3, -0.25) is 19.3 Å². The molecular weight excluding hydrogens is 418 g/mol. The van der Waals surface area contributed by atoms with E-state index in [-0.39, 0.29) is 17.6 Å². The molecule has 7 nitrogen and oxygen atoms in total. The Kier molecular flexibility index (Phi) is 4.33. The lowest BCUT2D eigenvalue weighted by atomic mass is 9.97. The van der Waals surface area contributed by atoms with E-state index < -0.39 is 16.7 Å². The predicted octanol–water partition coefficient (Wildman–Crippen LogP) is 3.18. The number of benzene rings is 2. The summed E-state index contributed by atoms with van der Waals surface area (Å²) in [6.07, 6.45) is 7.20. The molecule has 1 amide bonds. The number of hydrogen-bond donors (Lipinski definition) is 1. The van der Waals surface area contributed by atoms with Crippen LogP contribution in [-0.2, 0) is 0 Å². The second-order valence-corrected chi connectivity index (χ2v) is 8.70. The van der Waals surface area contributed by atoms with Gasteiger partial charge in [0.15, 0.2) is 11.4 Å². The van der Waals surface area contributed by atoms with Crippen LogP contribution in [0.5, 0.6) is 11.5 Å². The molecule has 0 radical (unpaired) electrons. The summed E-state index contributed by atoms with van der Waals surface area (Å²) < 4.78 is 7.80. The van der Waals surface area contributed by atoms with E-state index >= 15 is 0 Å². The number of aromatic nitrogens is 1. The number of rotatable bonds is 1. The van der Waals surface area contributed by atoms with Crippen molar-refractivity contribution in [1.29, 1.82) is 0 Å². The van der Waals surface area contributed by atoms with Crippen molar-refractivity contribution in [2.75, 3.05) is 18.3 Å². The highest BCUT2D eigenvalue weighted by Crippen LogP contribution is 2.47. The third-order valence-corrected chi connectivity index (χ3v) is 6.75. The molecule has 1 spiro atoms. The maximum Gasteiger partial charge on any atom is 0.278 e. The van der Waals surface area contributed by atoms with Crippen LogP contribution in [0.4, 0.5) is 0 Å². The van der Waals surface area contributed by atoms with Gasteiger partial charge in [-0.1, -0.05) is 54.6 Å². The predicted molar refractivity (Wildman–Crippen MR) is 123 cm³/mol. The average Bonchev–Trinajstić information content (AvgIpc) is 3.62. The van der Waals surface area contributed by atoms with E-state index in [0.29, 0.717) is 13.3 Å². The lowest BCUT2D eigenvalue weighted by Gasteiger charge is -2.46. The fraction of sp³-hybridized carbons (Fsp3) is 0.231. The average molecular weight is 441 g/mol. The van der Waals surface area contributed by atoms with Crippen LogP contribution in [0.15, 0.2) is 83.8 Å². The van der Waals surface area contributed by atoms with Gasteiger partial charge in [-0.2, -0.15) is 0 Å². The highest BCUT2D eigenvalue weighted by Gasteiger charge is 2.52. The fourth-order valence-corrected chi connectivity index (χ4v) is 4.93. The number of carbonyl (C=O) groups is 1. The highest BCUT2D eigenvalue weighted by molar-refractivity contribution is 5.97. The van der Waals surface area contributed by atoms with Gasteiger partial charge in [0.2, 0.25) is 5.43 Å². The van der Waals surface area contributed by atoms with Crippen LogP contribution < -0.4 is 15.2 Å². The van der Waals surface area contributed by atoms with Gasteiger partial charge >= 0.3 is 0 Å². The third kappa shape index (κ3) is 3.03. The number of aromatic hydroxyl groups is 1. The molecule has 1 N–H and O–H groups in total. The zero-order chi connectivity index (χ0) is 22.6. The number of para-hydroxylation sites is 1. The zero-order valence-electron chi connectivity index (χ0n) is 17.9.